The molecule has 0 aromatic heterocycles. The summed E-state index contributed by atoms with van der Waals surface area (Å²) in [6.45, 7) is 1.50. The molecule has 112 valence electrons. The van der Waals surface area contributed by atoms with Gasteiger partial charge in [-0.05, 0) is 32.0 Å². The number of ether oxygens (including phenoxy) is 1. The second-order valence-electron chi connectivity index (χ2n) is 5.33. The van der Waals surface area contributed by atoms with E-state index in [-0.39, 0.29) is 11.3 Å². The Balaban J connectivity index is 2.15. The summed E-state index contributed by atoms with van der Waals surface area (Å²) < 4.78 is 4.98. The number of carbonyl (C=O) groups excluding carboxylic acids is 1. The van der Waals surface area contributed by atoms with Crippen molar-refractivity contribution < 1.29 is 14.6 Å². The highest BCUT2D eigenvalue weighted by Crippen LogP contribution is 2.26. The Hall–Kier alpha value is -2.26. The predicted octanol–water partition coefficient (Wildman–Crippen LogP) is 1.12. The maximum absolute atomic E-state index is 12.3. The molecule has 1 aliphatic rings. The van der Waals surface area contributed by atoms with Crippen LogP contribution in [0.5, 0.6) is 11.5 Å². The molecule has 1 heterocycles. The highest BCUT2D eigenvalue weighted by molar-refractivity contribution is 5.97. The van der Waals surface area contributed by atoms with E-state index in [4.69, 9.17) is 4.74 Å². The first-order chi connectivity index (χ1) is 9.99. The van der Waals surface area contributed by atoms with Crippen molar-refractivity contribution in [1.82, 2.24) is 10.2 Å². The van der Waals surface area contributed by atoms with Crippen LogP contribution in [-0.2, 0) is 0 Å². The number of likely N-dealkylation sites (tertiary alicyclic amines) is 1. The average molecular weight is 289 g/mol. The minimum absolute atomic E-state index is 0.143. The molecular weight excluding hydrogens is 270 g/mol. The van der Waals surface area contributed by atoms with Crippen LogP contribution in [0.1, 0.15) is 23.2 Å². The van der Waals surface area contributed by atoms with E-state index in [9.17, 15) is 15.2 Å². The SMILES string of the molecule is COc1ccc(C(=O)NC2(C#N)CCN(C)CC2)c(O)c1. The Labute approximate surface area is 123 Å². The first kappa shape index (κ1) is 15.1. The van der Waals surface area contributed by atoms with Gasteiger partial charge in [-0.1, -0.05) is 0 Å². The van der Waals surface area contributed by atoms with Crippen molar-refractivity contribution in [3.8, 4) is 17.6 Å². The molecule has 1 aromatic carbocycles. The summed E-state index contributed by atoms with van der Waals surface area (Å²) in [5, 5.41) is 22.1. The summed E-state index contributed by atoms with van der Waals surface area (Å²) in [5.74, 6) is -0.132. The molecule has 1 aliphatic heterocycles. The summed E-state index contributed by atoms with van der Waals surface area (Å²) >= 11 is 0. The molecule has 6 nitrogen and oxygen atoms in total. The number of nitrogens with one attached hydrogen (secondary N) is 1. The van der Waals surface area contributed by atoms with Crippen molar-refractivity contribution in [2.75, 3.05) is 27.2 Å². The van der Waals surface area contributed by atoms with Gasteiger partial charge in [0.2, 0.25) is 0 Å². The molecule has 21 heavy (non-hydrogen) atoms. The van der Waals surface area contributed by atoms with Crippen LogP contribution in [0.2, 0.25) is 0 Å². The third kappa shape index (κ3) is 3.26. The number of nitriles is 1. The lowest BCUT2D eigenvalue weighted by molar-refractivity contribution is 0.0879. The highest BCUT2D eigenvalue weighted by Gasteiger charge is 2.35. The number of methoxy groups -OCH3 is 1. The molecule has 6 heteroatoms. The molecule has 0 unspecified atom stereocenters. The van der Waals surface area contributed by atoms with Crippen LogP contribution in [0.15, 0.2) is 18.2 Å². The fraction of sp³-hybridized carbons (Fsp3) is 0.467. The molecule has 1 amide bonds. The highest BCUT2D eigenvalue weighted by atomic mass is 16.5. The molecule has 0 radical (unpaired) electrons. The van der Waals surface area contributed by atoms with Gasteiger partial charge in [-0.25, -0.2) is 0 Å². The van der Waals surface area contributed by atoms with Gasteiger partial charge in [0.1, 0.15) is 17.0 Å². The Kier molecular flexibility index (Phi) is 4.34. The number of piperidine rings is 1. The van der Waals surface area contributed by atoms with E-state index in [1.807, 2.05) is 7.05 Å². The first-order valence-corrected chi connectivity index (χ1v) is 6.79. The molecule has 0 bridgehead atoms. The number of carbonyl (C=O) groups is 1. The summed E-state index contributed by atoms with van der Waals surface area (Å²) in [6.07, 6.45) is 1.14. The van der Waals surface area contributed by atoms with Gasteiger partial charge in [0.05, 0.1) is 18.7 Å². The zero-order valence-corrected chi connectivity index (χ0v) is 12.2. The fourth-order valence-corrected chi connectivity index (χ4v) is 2.38. The van der Waals surface area contributed by atoms with Crippen molar-refractivity contribution in [3.63, 3.8) is 0 Å². The number of aromatic hydroxyl groups is 1. The van der Waals surface area contributed by atoms with E-state index in [0.29, 0.717) is 18.6 Å². The van der Waals surface area contributed by atoms with Crippen LogP contribution in [-0.4, -0.2) is 48.7 Å². The van der Waals surface area contributed by atoms with Gasteiger partial charge < -0.3 is 20.1 Å². The van der Waals surface area contributed by atoms with Gasteiger partial charge in [0, 0.05) is 19.2 Å². The Bertz CT molecular complexity index is 572. The summed E-state index contributed by atoms with van der Waals surface area (Å²) in [6, 6.07) is 6.68. The topological polar surface area (TPSA) is 85.6 Å². The molecule has 1 aromatic rings. The number of phenols is 1. The molecule has 2 rings (SSSR count). The molecule has 1 fully saturated rings. The van der Waals surface area contributed by atoms with Crippen molar-refractivity contribution in [2.45, 2.75) is 18.4 Å². The third-order valence-corrected chi connectivity index (χ3v) is 3.86. The van der Waals surface area contributed by atoms with Gasteiger partial charge in [-0.3, -0.25) is 4.79 Å². The van der Waals surface area contributed by atoms with Crippen LogP contribution >= 0.6 is 0 Å². The smallest absolute Gasteiger partial charge is 0.256 e. The van der Waals surface area contributed by atoms with E-state index in [1.54, 1.807) is 6.07 Å². The lowest BCUT2D eigenvalue weighted by atomic mass is 9.89. The number of hydrogen-bond acceptors (Lipinski definition) is 5. The molecule has 0 aliphatic carbocycles. The summed E-state index contributed by atoms with van der Waals surface area (Å²) in [7, 11) is 3.47. The second kappa shape index (κ2) is 6.02. The predicted molar refractivity (Wildman–Crippen MR) is 77.2 cm³/mol. The minimum atomic E-state index is -0.865. The standard InChI is InChI=1S/C15H19N3O3/c1-18-7-5-15(10-16,6-8-18)17-14(20)12-4-3-11(21-2)9-13(12)19/h3-4,9,19H,5-8H2,1-2H3,(H,17,20). The monoisotopic (exact) mass is 289 g/mol. The minimum Gasteiger partial charge on any atom is -0.507 e. The molecular formula is C15H19N3O3. The molecule has 1 saturated heterocycles. The van der Waals surface area contributed by atoms with E-state index >= 15 is 0 Å². The van der Waals surface area contributed by atoms with Crippen LogP contribution in [0, 0.1) is 11.3 Å². The van der Waals surface area contributed by atoms with Gasteiger partial charge in [-0.2, -0.15) is 5.26 Å². The number of phenolic OH excluding ortho intramolecular Hbond substituents is 1. The fourth-order valence-electron chi connectivity index (χ4n) is 2.38. The number of benzene rings is 1. The van der Waals surface area contributed by atoms with Crippen LogP contribution < -0.4 is 10.1 Å². The molecule has 2 N–H and O–H groups in total. The Morgan fingerprint density at radius 1 is 1.48 bits per heavy atom. The van der Waals surface area contributed by atoms with Gasteiger partial charge in [0.25, 0.3) is 5.91 Å². The van der Waals surface area contributed by atoms with Crippen LogP contribution in [0.25, 0.3) is 0 Å². The van der Waals surface area contributed by atoms with Crippen molar-refractivity contribution in [1.29, 1.82) is 5.26 Å². The Morgan fingerprint density at radius 3 is 2.67 bits per heavy atom. The zero-order valence-electron chi connectivity index (χ0n) is 12.2. The van der Waals surface area contributed by atoms with E-state index < -0.39 is 11.4 Å². The van der Waals surface area contributed by atoms with E-state index in [2.05, 4.69) is 16.3 Å². The lowest BCUT2D eigenvalue weighted by Crippen LogP contribution is -2.53. The van der Waals surface area contributed by atoms with E-state index in [1.165, 1.54) is 19.2 Å². The van der Waals surface area contributed by atoms with Gasteiger partial charge in [0.15, 0.2) is 0 Å². The first-order valence-electron chi connectivity index (χ1n) is 6.79. The number of hydrogen-bond donors (Lipinski definition) is 2. The number of rotatable bonds is 3. The Morgan fingerprint density at radius 2 is 2.14 bits per heavy atom. The van der Waals surface area contributed by atoms with E-state index in [0.717, 1.165) is 13.1 Å². The maximum atomic E-state index is 12.3. The number of amides is 1. The average Bonchev–Trinajstić information content (AvgIpc) is 2.49. The van der Waals surface area contributed by atoms with Crippen molar-refractivity contribution in [2.24, 2.45) is 0 Å². The quantitative estimate of drug-likeness (QED) is 0.871. The lowest BCUT2D eigenvalue weighted by Gasteiger charge is -2.36. The number of nitrogens with zero attached hydrogens (tertiary/aromatic N) is 2. The molecule has 0 saturated carbocycles. The van der Waals surface area contributed by atoms with Gasteiger partial charge >= 0.3 is 0 Å². The van der Waals surface area contributed by atoms with Gasteiger partial charge in [-0.15, -0.1) is 0 Å². The van der Waals surface area contributed by atoms with Crippen LogP contribution in [0.3, 0.4) is 0 Å². The molecule has 0 spiro atoms. The normalized spacial score (nSPS) is 17.8. The van der Waals surface area contributed by atoms with Crippen LogP contribution in [0.4, 0.5) is 0 Å². The summed E-state index contributed by atoms with van der Waals surface area (Å²) in [4.78, 5) is 14.4. The zero-order chi connectivity index (χ0) is 15.5. The van der Waals surface area contributed by atoms with Crippen molar-refractivity contribution in [3.05, 3.63) is 23.8 Å². The second-order valence-corrected chi connectivity index (χ2v) is 5.33. The largest absolute Gasteiger partial charge is 0.507 e. The maximum Gasteiger partial charge on any atom is 0.256 e. The summed E-state index contributed by atoms with van der Waals surface area (Å²) in [5.41, 5.74) is -0.722. The third-order valence-electron chi connectivity index (χ3n) is 3.86. The molecule has 0 atom stereocenters. The van der Waals surface area contributed by atoms with Crippen molar-refractivity contribution >= 4 is 5.91 Å².